The second kappa shape index (κ2) is 8.53. The van der Waals surface area contributed by atoms with Crippen LogP contribution < -0.4 is 4.90 Å². The van der Waals surface area contributed by atoms with Gasteiger partial charge in [-0.1, -0.05) is 40.2 Å². The van der Waals surface area contributed by atoms with Crippen molar-refractivity contribution >= 4 is 15.8 Å². The Labute approximate surface area is 135 Å². The Bertz CT molecular complexity index is 547. The molecule has 0 saturated carbocycles. The maximum atomic E-state index is 11.8. The summed E-state index contributed by atoms with van der Waals surface area (Å²) in [6.45, 7) is 8.68. The fourth-order valence-electron chi connectivity index (χ4n) is 2.68. The molecule has 0 bridgehead atoms. The largest absolute Gasteiger partial charge is 0.353 e. The third-order valence-corrected chi connectivity index (χ3v) is 5.25. The Balaban J connectivity index is 3.31. The third-order valence-electron chi connectivity index (χ3n) is 3.98. The van der Waals surface area contributed by atoms with Gasteiger partial charge in [0.1, 0.15) is 0 Å². The molecule has 1 aromatic carbocycles. The van der Waals surface area contributed by atoms with Crippen LogP contribution >= 0.6 is 0 Å². The highest BCUT2D eigenvalue weighted by Crippen LogP contribution is 2.26. The Morgan fingerprint density at radius 1 is 1.05 bits per heavy atom. The van der Waals surface area contributed by atoms with E-state index < -0.39 is 15.5 Å². The number of benzene rings is 1. The van der Waals surface area contributed by atoms with Gasteiger partial charge >= 0.3 is 0 Å². The number of unbranched alkanes of at least 4 members (excludes halogenated alkanes) is 1. The van der Waals surface area contributed by atoms with E-state index in [4.69, 9.17) is 0 Å². The number of nitrogens with zero attached hydrogens (tertiary/aromatic N) is 1. The van der Waals surface area contributed by atoms with Crippen LogP contribution in [0.4, 0.5) is 5.69 Å². The smallest absolute Gasteiger partial charge is 0.286 e. The van der Waals surface area contributed by atoms with Crippen LogP contribution in [-0.2, 0) is 23.0 Å². The highest BCUT2D eigenvalue weighted by atomic mass is 32.2. The number of aryl methyl sites for hydroxylation is 2. The SMILES string of the molecule is CCCCN(c1cc(CC)cc(CC)c1)C(CC)S(=O)(=O)O. The van der Waals surface area contributed by atoms with Crippen molar-refractivity contribution in [2.24, 2.45) is 0 Å². The van der Waals surface area contributed by atoms with Crippen LogP contribution in [0.3, 0.4) is 0 Å². The van der Waals surface area contributed by atoms with Crippen LogP contribution in [0.15, 0.2) is 18.2 Å². The van der Waals surface area contributed by atoms with Gasteiger partial charge in [-0.2, -0.15) is 8.42 Å². The number of hydrogen-bond acceptors (Lipinski definition) is 3. The summed E-state index contributed by atoms with van der Waals surface area (Å²) < 4.78 is 33.1. The molecule has 0 aliphatic rings. The minimum atomic E-state index is -4.11. The highest BCUT2D eigenvalue weighted by molar-refractivity contribution is 7.86. The lowest BCUT2D eigenvalue weighted by molar-refractivity contribution is 0.458. The quantitative estimate of drug-likeness (QED) is 0.695. The molecule has 0 radical (unpaired) electrons. The average molecular weight is 327 g/mol. The minimum Gasteiger partial charge on any atom is -0.353 e. The summed E-state index contributed by atoms with van der Waals surface area (Å²) in [5.41, 5.74) is 3.29. The molecule has 5 heteroatoms. The molecular formula is C17H29NO3S. The lowest BCUT2D eigenvalue weighted by atomic mass is 10.0. The second-order valence-corrected chi connectivity index (χ2v) is 7.21. The van der Waals surface area contributed by atoms with Gasteiger partial charge < -0.3 is 4.90 Å². The molecule has 0 heterocycles. The van der Waals surface area contributed by atoms with E-state index in [1.165, 1.54) is 11.1 Å². The van der Waals surface area contributed by atoms with Crippen molar-refractivity contribution < 1.29 is 13.0 Å². The van der Waals surface area contributed by atoms with Gasteiger partial charge in [0.2, 0.25) is 0 Å². The molecule has 1 N–H and O–H groups in total. The molecule has 1 atom stereocenters. The fraction of sp³-hybridized carbons (Fsp3) is 0.647. The first-order valence-electron chi connectivity index (χ1n) is 8.23. The van der Waals surface area contributed by atoms with Gasteiger partial charge in [0.25, 0.3) is 10.1 Å². The third kappa shape index (κ3) is 4.99. The van der Waals surface area contributed by atoms with Crippen molar-refractivity contribution in [3.63, 3.8) is 0 Å². The molecule has 1 aromatic rings. The van der Waals surface area contributed by atoms with Gasteiger partial charge in [-0.3, -0.25) is 4.55 Å². The zero-order valence-corrected chi connectivity index (χ0v) is 15.0. The van der Waals surface area contributed by atoms with Crippen LogP contribution in [-0.4, -0.2) is 24.9 Å². The van der Waals surface area contributed by atoms with E-state index in [2.05, 4.69) is 26.8 Å². The summed E-state index contributed by atoms with van der Waals surface area (Å²) in [5.74, 6) is 0. The summed E-state index contributed by atoms with van der Waals surface area (Å²) in [5, 5.41) is -0.879. The van der Waals surface area contributed by atoms with Gasteiger partial charge in [0.05, 0.1) is 0 Å². The lowest BCUT2D eigenvalue weighted by Crippen LogP contribution is -2.41. The standard InChI is InChI=1S/C17H29NO3S/c1-5-9-10-18(17(8-4)22(19,20)21)16-12-14(6-2)11-15(7-3)13-16/h11-13,17H,5-10H2,1-4H3,(H,19,20,21). The molecule has 0 aliphatic carbocycles. The Morgan fingerprint density at radius 2 is 1.59 bits per heavy atom. The van der Waals surface area contributed by atoms with E-state index in [9.17, 15) is 13.0 Å². The molecule has 0 fully saturated rings. The van der Waals surface area contributed by atoms with Gasteiger partial charge in [0, 0.05) is 12.2 Å². The van der Waals surface area contributed by atoms with E-state index >= 15 is 0 Å². The molecule has 0 aliphatic heterocycles. The van der Waals surface area contributed by atoms with Gasteiger partial charge in [0.15, 0.2) is 5.37 Å². The first kappa shape index (κ1) is 19.0. The highest BCUT2D eigenvalue weighted by Gasteiger charge is 2.28. The Kier molecular flexibility index (Phi) is 7.36. The normalized spacial score (nSPS) is 13.1. The minimum absolute atomic E-state index is 0.361. The second-order valence-electron chi connectivity index (χ2n) is 5.64. The maximum absolute atomic E-state index is 11.8. The Morgan fingerprint density at radius 3 is 1.95 bits per heavy atom. The van der Waals surface area contributed by atoms with E-state index in [0.717, 1.165) is 31.4 Å². The van der Waals surface area contributed by atoms with Crippen molar-refractivity contribution in [2.75, 3.05) is 11.4 Å². The summed E-state index contributed by atoms with van der Waals surface area (Å²) in [6, 6.07) is 6.25. The average Bonchev–Trinajstić information content (AvgIpc) is 2.49. The summed E-state index contributed by atoms with van der Waals surface area (Å²) in [6.07, 6.45) is 4.05. The zero-order chi connectivity index (χ0) is 16.8. The van der Waals surface area contributed by atoms with E-state index in [1.807, 2.05) is 17.0 Å². The maximum Gasteiger partial charge on any atom is 0.286 e. The first-order chi connectivity index (χ1) is 10.4. The molecule has 1 unspecified atom stereocenters. The molecule has 1 rings (SSSR count). The summed E-state index contributed by atoms with van der Waals surface area (Å²) in [4.78, 5) is 1.84. The van der Waals surface area contributed by atoms with E-state index in [1.54, 1.807) is 6.92 Å². The predicted molar refractivity (Wildman–Crippen MR) is 93.1 cm³/mol. The van der Waals surface area contributed by atoms with E-state index in [0.29, 0.717) is 13.0 Å². The Hall–Kier alpha value is -1.07. The monoisotopic (exact) mass is 327 g/mol. The zero-order valence-electron chi connectivity index (χ0n) is 14.2. The molecule has 4 nitrogen and oxygen atoms in total. The molecule has 0 aromatic heterocycles. The van der Waals surface area contributed by atoms with Crippen LogP contribution in [0.25, 0.3) is 0 Å². The number of hydrogen-bond donors (Lipinski definition) is 1. The lowest BCUT2D eigenvalue weighted by Gasteiger charge is -2.31. The van der Waals surface area contributed by atoms with Crippen LogP contribution in [0.2, 0.25) is 0 Å². The molecule has 0 spiro atoms. The van der Waals surface area contributed by atoms with Gasteiger partial charge in [-0.25, -0.2) is 0 Å². The first-order valence-corrected chi connectivity index (χ1v) is 9.73. The molecule has 22 heavy (non-hydrogen) atoms. The fourth-order valence-corrected chi connectivity index (χ4v) is 3.65. The number of rotatable bonds is 9. The molecule has 0 amide bonds. The van der Waals surface area contributed by atoms with Crippen molar-refractivity contribution in [2.45, 2.75) is 65.2 Å². The summed E-state index contributed by atoms with van der Waals surface area (Å²) in [7, 11) is -4.11. The van der Waals surface area contributed by atoms with Crippen molar-refractivity contribution in [1.29, 1.82) is 0 Å². The summed E-state index contributed by atoms with van der Waals surface area (Å²) >= 11 is 0. The van der Waals surface area contributed by atoms with Crippen molar-refractivity contribution in [1.82, 2.24) is 0 Å². The molecule has 0 saturated heterocycles. The van der Waals surface area contributed by atoms with Crippen LogP contribution in [0.5, 0.6) is 0 Å². The molecular weight excluding hydrogens is 298 g/mol. The predicted octanol–water partition coefficient (Wildman–Crippen LogP) is 4.04. The molecule has 126 valence electrons. The van der Waals surface area contributed by atoms with Crippen molar-refractivity contribution in [3.8, 4) is 0 Å². The van der Waals surface area contributed by atoms with Gasteiger partial charge in [-0.15, -0.1) is 0 Å². The van der Waals surface area contributed by atoms with Crippen LogP contribution in [0, 0.1) is 0 Å². The van der Waals surface area contributed by atoms with E-state index in [-0.39, 0.29) is 0 Å². The number of anilines is 1. The van der Waals surface area contributed by atoms with Crippen LogP contribution in [0.1, 0.15) is 58.1 Å². The van der Waals surface area contributed by atoms with Crippen molar-refractivity contribution in [3.05, 3.63) is 29.3 Å². The van der Waals surface area contributed by atoms with Gasteiger partial charge in [-0.05, 0) is 48.9 Å². The topological polar surface area (TPSA) is 57.6 Å².